The summed E-state index contributed by atoms with van der Waals surface area (Å²) in [6, 6.07) is 5.61. The molecule has 2 unspecified atom stereocenters. The molecule has 1 aromatic heterocycles. The predicted octanol–water partition coefficient (Wildman–Crippen LogP) is 2.77. The molecule has 1 aromatic carbocycles. The second-order valence-electron chi connectivity index (χ2n) is 10.1. The fourth-order valence-electron chi connectivity index (χ4n) is 6.67. The van der Waals surface area contributed by atoms with E-state index in [2.05, 4.69) is 15.3 Å². The first-order chi connectivity index (χ1) is 14.9. The Hall–Kier alpha value is -2.61. The van der Waals surface area contributed by atoms with E-state index in [1.165, 1.54) is 0 Å². The van der Waals surface area contributed by atoms with E-state index in [0.29, 0.717) is 42.3 Å². The molecule has 164 valence electrons. The molecule has 4 saturated carbocycles. The first-order valence-electron chi connectivity index (χ1n) is 11.4. The Morgan fingerprint density at radius 3 is 2.81 bits per heavy atom. The normalized spacial score (nSPS) is 36.2. The smallest absolute Gasteiger partial charge is 0.410 e. The van der Waals surface area contributed by atoms with Crippen molar-refractivity contribution < 1.29 is 14.6 Å². The first kappa shape index (κ1) is 19.1. The van der Waals surface area contributed by atoms with Gasteiger partial charge in [0.05, 0.1) is 22.8 Å². The molecule has 8 nitrogen and oxygen atoms in total. The van der Waals surface area contributed by atoms with Crippen LogP contribution in [0, 0.1) is 17.8 Å². The molecule has 7 rings (SSSR count). The molecule has 8 heteroatoms. The Labute approximate surface area is 181 Å². The highest BCUT2D eigenvalue weighted by Crippen LogP contribution is 2.56. The Morgan fingerprint density at radius 1 is 1.23 bits per heavy atom. The Bertz CT molecular complexity index is 1010. The van der Waals surface area contributed by atoms with Gasteiger partial charge in [-0.2, -0.15) is 0 Å². The Kier molecular flexibility index (Phi) is 4.28. The molecule has 0 spiro atoms. The predicted molar refractivity (Wildman–Crippen MR) is 116 cm³/mol. The van der Waals surface area contributed by atoms with Gasteiger partial charge in [-0.15, -0.1) is 0 Å². The van der Waals surface area contributed by atoms with Gasteiger partial charge in [-0.3, -0.25) is 4.98 Å². The van der Waals surface area contributed by atoms with Crippen LogP contribution in [-0.4, -0.2) is 56.9 Å². The number of amides is 1. The number of likely N-dealkylation sites (tertiary alicyclic amines) is 1. The Morgan fingerprint density at radius 2 is 2.03 bits per heavy atom. The number of hydrogen-bond acceptors (Lipinski definition) is 7. The lowest BCUT2D eigenvalue weighted by molar-refractivity contribution is -0.177. The number of nitrogens with one attached hydrogen (secondary N) is 1. The first-order valence-corrected chi connectivity index (χ1v) is 11.4. The SMILES string of the molecule is Nc1ccc2nc(N[C@@H]3CCN(C(=O)O[C@H]4C5CC6CC4C[C@](O)(C6)C5)C3)cnc2c1. The Balaban J connectivity index is 1.07. The van der Waals surface area contributed by atoms with Crippen molar-refractivity contribution in [1.29, 1.82) is 0 Å². The van der Waals surface area contributed by atoms with Crippen LogP contribution in [-0.2, 0) is 4.74 Å². The molecule has 5 fully saturated rings. The third kappa shape index (κ3) is 3.46. The van der Waals surface area contributed by atoms with E-state index in [-0.39, 0.29) is 18.2 Å². The molecule has 4 aliphatic carbocycles. The van der Waals surface area contributed by atoms with E-state index in [9.17, 15) is 9.90 Å². The van der Waals surface area contributed by atoms with Gasteiger partial charge in [0, 0.05) is 24.8 Å². The number of carbonyl (C=O) groups excluding carboxylic acids is 1. The molecule has 1 amide bonds. The number of fused-ring (bicyclic) bond motifs is 1. The van der Waals surface area contributed by atoms with Crippen LogP contribution in [0.25, 0.3) is 11.0 Å². The van der Waals surface area contributed by atoms with Crippen LogP contribution < -0.4 is 11.1 Å². The number of nitrogens with zero attached hydrogens (tertiary/aromatic N) is 3. The minimum absolute atomic E-state index is 0.0323. The minimum atomic E-state index is -0.505. The van der Waals surface area contributed by atoms with Gasteiger partial charge in [0.25, 0.3) is 0 Å². The number of carbonyl (C=O) groups is 1. The van der Waals surface area contributed by atoms with Crippen LogP contribution in [0.5, 0.6) is 0 Å². The number of benzene rings is 1. The van der Waals surface area contributed by atoms with Crippen molar-refractivity contribution in [2.24, 2.45) is 17.8 Å². The second kappa shape index (κ2) is 6.95. The van der Waals surface area contributed by atoms with Gasteiger partial charge < -0.3 is 25.8 Å². The van der Waals surface area contributed by atoms with Crippen molar-refractivity contribution in [3.63, 3.8) is 0 Å². The lowest BCUT2D eigenvalue weighted by Gasteiger charge is -2.57. The van der Waals surface area contributed by atoms with Gasteiger partial charge in [0.15, 0.2) is 0 Å². The number of aliphatic hydroxyl groups is 1. The van der Waals surface area contributed by atoms with Crippen molar-refractivity contribution >= 4 is 28.6 Å². The van der Waals surface area contributed by atoms with Crippen molar-refractivity contribution in [1.82, 2.24) is 14.9 Å². The van der Waals surface area contributed by atoms with E-state index in [0.717, 1.165) is 49.6 Å². The van der Waals surface area contributed by atoms with E-state index >= 15 is 0 Å². The summed E-state index contributed by atoms with van der Waals surface area (Å²) in [6.45, 7) is 1.26. The zero-order valence-electron chi connectivity index (χ0n) is 17.5. The van der Waals surface area contributed by atoms with Crippen molar-refractivity contribution in [3.05, 3.63) is 24.4 Å². The average molecular weight is 424 g/mol. The number of hydrogen-bond donors (Lipinski definition) is 3. The molecule has 0 radical (unpaired) electrons. The number of ether oxygens (including phenoxy) is 1. The molecule has 4 bridgehead atoms. The topological polar surface area (TPSA) is 114 Å². The number of nitrogen functional groups attached to an aromatic ring is 1. The summed E-state index contributed by atoms with van der Waals surface area (Å²) < 4.78 is 6.03. The summed E-state index contributed by atoms with van der Waals surface area (Å²) in [5.41, 5.74) is 7.52. The fourth-order valence-corrected chi connectivity index (χ4v) is 6.67. The molecule has 4 N–H and O–H groups in total. The molecule has 2 heterocycles. The third-order valence-corrected chi connectivity index (χ3v) is 7.76. The zero-order chi connectivity index (χ0) is 21.2. The zero-order valence-corrected chi connectivity index (χ0v) is 17.5. The summed E-state index contributed by atoms with van der Waals surface area (Å²) in [4.78, 5) is 23.7. The van der Waals surface area contributed by atoms with Crippen LogP contribution in [0.3, 0.4) is 0 Å². The van der Waals surface area contributed by atoms with Gasteiger partial charge in [0.1, 0.15) is 11.9 Å². The molecule has 2 aromatic rings. The fraction of sp³-hybridized carbons (Fsp3) is 0.609. The number of nitrogens with two attached hydrogens (primary N) is 1. The van der Waals surface area contributed by atoms with E-state index in [1.807, 2.05) is 18.2 Å². The lowest BCUT2D eigenvalue weighted by Crippen LogP contribution is -2.58. The third-order valence-electron chi connectivity index (χ3n) is 7.76. The summed E-state index contributed by atoms with van der Waals surface area (Å²) in [5.74, 6) is 1.95. The lowest BCUT2D eigenvalue weighted by atomic mass is 9.53. The average Bonchev–Trinajstić information content (AvgIpc) is 3.18. The maximum atomic E-state index is 12.9. The molecule has 5 aliphatic rings. The van der Waals surface area contributed by atoms with E-state index in [1.54, 1.807) is 11.1 Å². The minimum Gasteiger partial charge on any atom is -0.446 e. The number of rotatable bonds is 3. The van der Waals surface area contributed by atoms with Gasteiger partial charge in [-0.25, -0.2) is 9.78 Å². The molecule has 1 aliphatic heterocycles. The second-order valence-corrected chi connectivity index (χ2v) is 10.1. The van der Waals surface area contributed by atoms with Crippen LogP contribution >= 0.6 is 0 Å². The summed E-state index contributed by atoms with van der Waals surface area (Å²) in [5, 5.41) is 14.1. The summed E-state index contributed by atoms with van der Waals surface area (Å²) in [7, 11) is 0. The van der Waals surface area contributed by atoms with Gasteiger partial charge in [0.2, 0.25) is 0 Å². The quantitative estimate of drug-likeness (QED) is 0.651. The van der Waals surface area contributed by atoms with Crippen molar-refractivity contribution in [3.8, 4) is 0 Å². The van der Waals surface area contributed by atoms with Crippen molar-refractivity contribution in [2.75, 3.05) is 24.1 Å². The highest BCUT2D eigenvalue weighted by molar-refractivity contribution is 5.79. The van der Waals surface area contributed by atoms with E-state index < -0.39 is 5.60 Å². The van der Waals surface area contributed by atoms with Crippen LogP contribution in [0.2, 0.25) is 0 Å². The highest BCUT2D eigenvalue weighted by Gasteiger charge is 2.56. The number of anilines is 2. The molecule has 31 heavy (non-hydrogen) atoms. The molecule has 1 saturated heterocycles. The maximum Gasteiger partial charge on any atom is 0.410 e. The molecular weight excluding hydrogens is 394 g/mol. The molecule has 3 atom stereocenters. The standard InChI is InChI=1S/C23H29N5O3/c24-16-1-2-18-19(7-16)25-11-20(27-18)26-17-3-4-28(12-17)22(29)31-21-14-5-13-6-15(21)10-23(30,8-13)9-14/h1-2,7,11,13-15,17,21,30H,3-6,8-10,12,24H2,(H,26,27)/t13?,14?,15?,17-,21-,23-/m1/s1. The number of aromatic nitrogens is 2. The molecular formula is C23H29N5O3. The van der Waals surface area contributed by atoms with Gasteiger partial charge in [-0.05, 0) is 74.5 Å². The van der Waals surface area contributed by atoms with Gasteiger partial charge >= 0.3 is 6.09 Å². The monoisotopic (exact) mass is 423 g/mol. The maximum absolute atomic E-state index is 12.9. The highest BCUT2D eigenvalue weighted by atomic mass is 16.6. The summed E-state index contributed by atoms with van der Waals surface area (Å²) in [6.07, 6.45) is 7.00. The largest absolute Gasteiger partial charge is 0.446 e. The van der Waals surface area contributed by atoms with Crippen LogP contribution in [0.1, 0.15) is 38.5 Å². The summed E-state index contributed by atoms with van der Waals surface area (Å²) >= 11 is 0. The van der Waals surface area contributed by atoms with Crippen LogP contribution in [0.4, 0.5) is 16.3 Å². The van der Waals surface area contributed by atoms with Gasteiger partial charge in [-0.1, -0.05) is 0 Å². The van der Waals surface area contributed by atoms with E-state index in [4.69, 9.17) is 10.5 Å². The van der Waals surface area contributed by atoms with Crippen LogP contribution in [0.15, 0.2) is 24.4 Å². The van der Waals surface area contributed by atoms with Crippen molar-refractivity contribution in [2.45, 2.75) is 56.3 Å².